The van der Waals surface area contributed by atoms with Crippen molar-refractivity contribution < 1.29 is 14.7 Å². The first-order chi connectivity index (χ1) is 10.1. The largest absolute Gasteiger partial charge is 0.478 e. The van der Waals surface area contributed by atoms with Crippen molar-refractivity contribution in [3.05, 3.63) is 59.7 Å². The van der Waals surface area contributed by atoms with Crippen LogP contribution in [-0.4, -0.2) is 27.0 Å². The minimum Gasteiger partial charge on any atom is -0.478 e. The lowest BCUT2D eigenvalue weighted by Gasteiger charge is -2.08. The second-order valence-electron chi connectivity index (χ2n) is 4.20. The summed E-state index contributed by atoms with van der Waals surface area (Å²) < 4.78 is 0. The van der Waals surface area contributed by atoms with Crippen LogP contribution in [0, 0.1) is 6.92 Å². The van der Waals surface area contributed by atoms with Gasteiger partial charge in [0.05, 0.1) is 11.4 Å². The topological polar surface area (TPSA) is 92.2 Å². The van der Waals surface area contributed by atoms with Crippen LogP contribution in [0.2, 0.25) is 0 Å². The number of pyridine rings is 2. The lowest BCUT2D eigenvalue weighted by Crippen LogP contribution is -2.16. The number of aliphatic carboxylic acids is 1. The van der Waals surface area contributed by atoms with Gasteiger partial charge in [-0.1, -0.05) is 6.07 Å². The lowest BCUT2D eigenvalue weighted by atomic mass is 10.1. The van der Waals surface area contributed by atoms with Gasteiger partial charge in [0.2, 0.25) is 0 Å². The SMILES string of the molecule is Cc1ncccc1NC(=O)c1ncccc1/C=C/C(=O)O. The summed E-state index contributed by atoms with van der Waals surface area (Å²) in [5.74, 6) is -1.51. The second kappa shape index (κ2) is 6.42. The fourth-order valence-electron chi connectivity index (χ4n) is 1.70. The molecule has 0 aliphatic heterocycles. The molecule has 0 fully saturated rings. The number of nitrogens with zero attached hydrogens (tertiary/aromatic N) is 2. The monoisotopic (exact) mass is 283 g/mol. The molecule has 2 rings (SSSR count). The van der Waals surface area contributed by atoms with Crippen LogP contribution in [0.1, 0.15) is 21.7 Å². The number of hydrogen-bond donors (Lipinski definition) is 2. The molecule has 2 N–H and O–H groups in total. The van der Waals surface area contributed by atoms with Crippen LogP contribution in [0.4, 0.5) is 5.69 Å². The van der Waals surface area contributed by atoms with Crippen molar-refractivity contribution in [2.45, 2.75) is 6.92 Å². The van der Waals surface area contributed by atoms with Crippen LogP contribution in [0.25, 0.3) is 6.08 Å². The van der Waals surface area contributed by atoms with Crippen molar-refractivity contribution in [3.63, 3.8) is 0 Å². The van der Waals surface area contributed by atoms with Gasteiger partial charge in [0.15, 0.2) is 0 Å². The van der Waals surface area contributed by atoms with Gasteiger partial charge in [0.1, 0.15) is 5.69 Å². The molecular weight excluding hydrogens is 270 g/mol. The Morgan fingerprint density at radius 2 is 1.90 bits per heavy atom. The fraction of sp³-hybridized carbons (Fsp3) is 0.0667. The molecule has 0 spiro atoms. The van der Waals surface area contributed by atoms with E-state index in [2.05, 4.69) is 15.3 Å². The molecule has 21 heavy (non-hydrogen) atoms. The Hall–Kier alpha value is -3.02. The summed E-state index contributed by atoms with van der Waals surface area (Å²) in [7, 11) is 0. The van der Waals surface area contributed by atoms with Crippen molar-refractivity contribution in [2.24, 2.45) is 0 Å². The standard InChI is InChI=1S/C15H13N3O3/c1-10-12(5-3-8-16-10)18-15(21)14-11(4-2-9-17-14)6-7-13(19)20/h2-9H,1H3,(H,18,21)(H,19,20)/b7-6+. The number of aryl methyl sites for hydroxylation is 1. The van der Waals surface area contributed by atoms with Crippen LogP contribution in [0.5, 0.6) is 0 Å². The lowest BCUT2D eigenvalue weighted by molar-refractivity contribution is -0.131. The first kappa shape index (κ1) is 14.4. The molecule has 0 unspecified atom stereocenters. The van der Waals surface area contributed by atoms with E-state index in [4.69, 9.17) is 5.11 Å². The summed E-state index contributed by atoms with van der Waals surface area (Å²) in [6.07, 6.45) is 5.40. The second-order valence-corrected chi connectivity index (χ2v) is 4.20. The normalized spacial score (nSPS) is 10.5. The van der Waals surface area contributed by atoms with Crippen LogP contribution in [-0.2, 0) is 4.79 Å². The minimum absolute atomic E-state index is 0.151. The number of anilines is 1. The number of rotatable bonds is 4. The first-order valence-corrected chi connectivity index (χ1v) is 6.17. The fourth-order valence-corrected chi connectivity index (χ4v) is 1.70. The maximum absolute atomic E-state index is 12.2. The Kier molecular flexibility index (Phi) is 4.40. The van der Waals surface area contributed by atoms with Gasteiger partial charge < -0.3 is 10.4 Å². The molecule has 0 saturated carbocycles. The van der Waals surface area contributed by atoms with Crippen LogP contribution in [0.3, 0.4) is 0 Å². The minimum atomic E-state index is -1.09. The Bertz CT molecular complexity index is 711. The van der Waals surface area contributed by atoms with Crippen LogP contribution < -0.4 is 5.32 Å². The number of carbonyl (C=O) groups excluding carboxylic acids is 1. The molecule has 2 heterocycles. The predicted molar refractivity (Wildman–Crippen MR) is 77.8 cm³/mol. The van der Waals surface area contributed by atoms with E-state index in [1.165, 1.54) is 12.3 Å². The van der Waals surface area contributed by atoms with Gasteiger partial charge >= 0.3 is 5.97 Å². The molecule has 2 aromatic rings. The Balaban J connectivity index is 2.28. The Morgan fingerprint density at radius 3 is 2.62 bits per heavy atom. The third-order valence-electron chi connectivity index (χ3n) is 2.71. The molecule has 6 nitrogen and oxygen atoms in total. The molecule has 0 aliphatic carbocycles. The van der Waals surface area contributed by atoms with Crippen LogP contribution >= 0.6 is 0 Å². The molecule has 0 aromatic carbocycles. The Labute approximate surface area is 121 Å². The number of carboxylic acids is 1. The van der Waals surface area contributed by atoms with Gasteiger partial charge in [0, 0.05) is 24.0 Å². The average molecular weight is 283 g/mol. The molecular formula is C15H13N3O3. The number of carbonyl (C=O) groups is 2. The van der Waals surface area contributed by atoms with Gasteiger partial charge in [-0.2, -0.15) is 0 Å². The molecule has 0 saturated heterocycles. The van der Waals surface area contributed by atoms with Crippen molar-refractivity contribution >= 4 is 23.6 Å². The van der Waals surface area contributed by atoms with Crippen molar-refractivity contribution in [2.75, 3.05) is 5.32 Å². The summed E-state index contributed by atoms with van der Waals surface area (Å²) in [5, 5.41) is 11.4. The van der Waals surface area contributed by atoms with Gasteiger partial charge in [-0.3, -0.25) is 14.8 Å². The van der Waals surface area contributed by atoms with Gasteiger partial charge in [0.25, 0.3) is 5.91 Å². The first-order valence-electron chi connectivity index (χ1n) is 6.17. The Morgan fingerprint density at radius 1 is 1.19 bits per heavy atom. The highest BCUT2D eigenvalue weighted by molar-refractivity contribution is 6.05. The number of amides is 1. The van der Waals surface area contributed by atoms with Crippen molar-refractivity contribution in [1.29, 1.82) is 0 Å². The van der Waals surface area contributed by atoms with E-state index in [-0.39, 0.29) is 5.69 Å². The highest BCUT2D eigenvalue weighted by Gasteiger charge is 2.12. The smallest absolute Gasteiger partial charge is 0.328 e. The van der Waals surface area contributed by atoms with Crippen molar-refractivity contribution in [1.82, 2.24) is 9.97 Å². The van der Waals surface area contributed by atoms with E-state index in [9.17, 15) is 9.59 Å². The molecule has 2 aromatic heterocycles. The van der Waals surface area contributed by atoms with Crippen LogP contribution in [0.15, 0.2) is 42.7 Å². The number of aromatic nitrogens is 2. The van der Waals surface area contributed by atoms with E-state index in [1.54, 1.807) is 37.4 Å². The number of nitrogens with one attached hydrogen (secondary N) is 1. The summed E-state index contributed by atoms with van der Waals surface area (Å²) in [6.45, 7) is 1.78. The number of carboxylic acid groups (broad SMARTS) is 1. The van der Waals surface area contributed by atoms with Gasteiger partial charge in [-0.05, 0) is 31.2 Å². The highest BCUT2D eigenvalue weighted by atomic mass is 16.4. The number of hydrogen-bond acceptors (Lipinski definition) is 4. The van der Waals surface area contributed by atoms with E-state index in [1.807, 2.05) is 0 Å². The van der Waals surface area contributed by atoms with E-state index < -0.39 is 11.9 Å². The summed E-state index contributed by atoms with van der Waals surface area (Å²) in [4.78, 5) is 30.9. The summed E-state index contributed by atoms with van der Waals surface area (Å²) >= 11 is 0. The summed E-state index contributed by atoms with van der Waals surface area (Å²) in [5.41, 5.74) is 1.85. The van der Waals surface area contributed by atoms with Gasteiger partial charge in [-0.15, -0.1) is 0 Å². The molecule has 0 aliphatic rings. The van der Waals surface area contributed by atoms with Crippen molar-refractivity contribution in [3.8, 4) is 0 Å². The predicted octanol–water partition coefficient (Wildman–Crippen LogP) is 2.14. The zero-order valence-electron chi connectivity index (χ0n) is 11.3. The molecule has 0 atom stereocenters. The summed E-state index contributed by atoms with van der Waals surface area (Å²) in [6, 6.07) is 6.70. The third-order valence-corrected chi connectivity index (χ3v) is 2.71. The third kappa shape index (κ3) is 3.73. The zero-order chi connectivity index (χ0) is 15.2. The van der Waals surface area contributed by atoms with E-state index in [0.717, 1.165) is 6.08 Å². The maximum Gasteiger partial charge on any atom is 0.328 e. The molecule has 0 radical (unpaired) electrons. The molecule has 6 heteroatoms. The van der Waals surface area contributed by atoms with E-state index >= 15 is 0 Å². The highest BCUT2D eigenvalue weighted by Crippen LogP contribution is 2.14. The van der Waals surface area contributed by atoms with E-state index in [0.29, 0.717) is 16.9 Å². The molecule has 106 valence electrons. The maximum atomic E-state index is 12.2. The quantitative estimate of drug-likeness (QED) is 0.839. The molecule has 0 bridgehead atoms. The van der Waals surface area contributed by atoms with Gasteiger partial charge in [-0.25, -0.2) is 4.79 Å². The average Bonchev–Trinajstić information content (AvgIpc) is 2.47. The molecule has 1 amide bonds. The zero-order valence-corrected chi connectivity index (χ0v) is 11.3.